The molecule has 0 unspecified atom stereocenters. The van der Waals surface area contributed by atoms with Gasteiger partial charge < -0.3 is 5.73 Å². The minimum atomic E-state index is -0.439. The van der Waals surface area contributed by atoms with E-state index in [4.69, 9.17) is 5.73 Å². The van der Waals surface area contributed by atoms with Crippen molar-refractivity contribution >= 4 is 16.7 Å². The van der Waals surface area contributed by atoms with Crippen LogP contribution in [0.2, 0.25) is 0 Å². The molecule has 0 saturated carbocycles. The molecule has 63 valence electrons. The maximum Gasteiger partial charge on any atom is 0.249 e. The number of amides is 1. The third kappa shape index (κ3) is 1.38. The average molecular weight is 170 g/mol. The van der Waals surface area contributed by atoms with Crippen LogP contribution in [0.25, 0.3) is 10.8 Å². The molecule has 0 bridgehead atoms. The summed E-state index contributed by atoms with van der Waals surface area (Å²) in [4.78, 5) is 10.8. The first-order valence-corrected chi connectivity index (χ1v) is 3.97. The zero-order chi connectivity index (χ0) is 9.26. The number of rotatable bonds is 1. The monoisotopic (exact) mass is 170 g/mol. The van der Waals surface area contributed by atoms with E-state index >= 15 is 0 Å². The van der Waals surface area contributed by atoms with Crippen molar-refractivity contribution in [3.05, 3.63) is 48.0 Å². The second-order valence-electron chi connectivity index (χ2n) is 2.84. The molecule has 0 spiro atoms. The van der Waals surface area contributed by atoms with E-state index in [9.17, 15) is 4.79 Å². The van der Waals surface area contributed by atoms with Crippen LogP contribution in [0.4, 0.5) is 0 Å². The molecule has 1 amide bonds. The van der Waals surface area contributed by atoms with Crippen LogP contribution in [0, 0.1) is 6.07 Å². The molecule has 0 aliphatic heterocycles. The van der Waals surface area contributed by atoms with Crippen LogP contribution in [0.3, 0.4) is 0 Å². The van der Waals surface area contributed by atoms with E-state index in [1.165, 1.54) is 0 Å². The molecule has 0 aliphatic carbocycles. The Kier molecular flexibility index (Phi) is 1.74. The highest BCUT2D eigenvalue weighted by atomic mass is 16.1. The van der Waals surface area contributed by atoms with Gasteiger partial charge in [0.25, 0.3) is 0 Å². The van der Waals surface area contributed by atoms with E-state index in [0.717, 1.165) is 10.8 Å². The lowest BCUT2D eigenvalue weighted by Gasteiger charge is -1.98. The van der Waals surface area contributed by atoms with Crippen molar-refractivity contribution in [3.8, 4) is 0 Å². The van der Waals surface area contributed by atoms with Crippen molar-refractivity contribution in [2.45, 2.75) is 0 Å². The van der Waals surface area contributed by atoms with Gasteiger partial charge in [-0.3, -0.25) is 4.79 Å². The first-order chi connectivity index (χ1) is 6.27. The summed E-state index contributed by atoms with van der Waals surface area (Å²) in [5.41, 5.74) is 5.56. The first kappa shape index (κ1) is 7.80. The van der Waals surface area contributed by atoms with Gasteiger partial charge in [0.2, 0.25) is 5.91 Å². The number of carbonyl (C=O) groups is 1. The van der Waals surface area contributed by atoms with E-state index in [1.54, 1.807) is 12.1 Å². The summed E-state index contributed by atoms with van der Waals surface area (Å²) >= 11 is 0. The molecule has 2 heteroatoms. The van der Waals surface area contributed by atoms with Gasteiger partial charge >= 0.3 is 0 Å². The smallest absolute Gasteiger partial charge is 0.249 e. The Hall–Kier alpha value is -1.83. The van der Waals surface area contributed by atoms with Crippen LogP contribution in [-0.2, 0) is 0 Å². The quantitative estimate of drug-likeness (QED) is 0.696. The van der Waals surface area contributed by atoms with Gasteiger partial charge in [-0.15, -0.1) is 0 Å². The fraction of sp³-hybridized carbons (Fsp3) is 0. The van der Waals surface area contributed by atoms with E-state index < -0.39 is 5.91 Å². The molecule has 13 heavy (non-hydrogen) atoms. The molecule has 2 aromatic rings. The largest absolute Gasteiger partial charge is 0.366 e. The molecule has 0 aromatic heterocycles. The van der Waals surface area contributed by atoms with Crippen molar-refractivity contribution < 1.29 is 4.79 Å². The minimum absolute atomic E-state index is 0.429. The number of hydrogen-bond donors (Lipinski definition) is 1. The van der Waals surface area contributed by atoms with E-state index in [-0.39, 0.29) is 0 Å². The molecule has 0 fully saturated rings. The molecule has 0 heterocycles. The highest BCUT2D eigenvalue weighted by molar-refractivity contribution is 5.97. The fourth-order valence-electron chi connectivity index (χ4n) is 1.27. The van der Waals surface area contributed by atoms with Crippen molar-refractivity contribution in [2.24, 2.45) is 5.73 Å². The molecule has 2 aromatic carbocycles. The van der Waals surface area contributed by atoms with Crippen LogP contribution in [0.1, 0.15) is 10.4 Å². The second kappa shape index (κ2) is 2.90. The molecule has 2 N–H and O–H groups in total. The summed E-state index contributed by atoms with van der Waals surface area (Å²) in [6.07, 6.45) is 0. The van der Waals surface area contributed by atoms with Crippen molar-refractivity contribution in [1.29, 1.82) is 0 Å². The normalized spacial score (nSPS) is 10.2. The number of benzene rings is 2. The zero-order valence-corrected chi connectivity index (χ0v) is 6.95. The first-order valence-electron chi connectivity index (χ1n) is 3.97. The van der Waals surface area contributed by atoms with Crippen LogP contribution >= 0.6 is 0 Å². The van der Waals surface area contributed by atoms with Crippen molar-refractivity contribution in [3.63, 3.8) is 0 Å². The maximum atomic E-state index is 10.8. The summed E-state index contributed by atoms with van der Waals surface area (Å²) in [6.45, 7) is 0. The third-order valence-corrected chi connectivity index (χ3v) is 1.94. The molecule has 0 aliphatic rings. The summed E-state index contributed by atoms with van der Waals surface area (Å²) in [5, 5.41) is 2.07. The Morgan fingerprint density at radius 3 is 2.62 bits per heavy atom. The van der Waals surface area contributed by atoms with Crippen LogP contribution in [-0.4, -0.2) is 5.91 Å². The van der Waals surface area contributed by atoms with Gasteiger partial charge in [0.1, 0.15) is 0 Å². The standard InChI is InChI=1S/C11H8NO/c12-11(13)10-6-5-8-3-1-2-4-9(8)7-10/h1-5,7H,(H2,12,13). The van der Waals surface area contributed by atoms with Gasteiger partial charge in [-0.25, -0.2) is 0 Å². The van der Waals surface area contributed by atoms with Gasteiger partial charge in [-0.1, -0.05) is 24.3 Å². The van der Waals surface area contributed by atoms with Gasteiger partial charge in [0.05, 0.1) is 0 Å². The minimum Gasteiger partial charge on any atom is -0.366 e. The highest BCUT2D eigenvalue weighted by Gasteiger charge is 2.00. The van der Waals surface area contributed by atoms with Crippen LogP contribution in [0.5, 0.6) is 0 Å². The number of carbonyl (C=O) groups excluding carboxylic acids is 1. The van der Waals surface area contributed by atoms with Crippen molar-refractivity contribution in [1.82, 2.24) is 0 Å². The van der Waals surface area contributed by atoms with Gasteiger partial charge in [-0.2, -0.15) is 0 Å². The lowest BCUT2D eigenvalue weighted by atomic mass is 10.1. The Labute approximate surface area is 76.0 Å². The molecule has 2 nitrogen and oxygen atoms in total. The molecular weight excluding hydrogens is 162 g/mol. The lowest BCUT2D eigenvalue weighted by Crippen LogP contribution is -2.10. The topological polar surface area (TPSA) is 43.1 Å². The molecule has 0 saturated heterocycles. The highest BCUT2D eigenvalue weighted by Crippen LogP contribution is 2.14. The number of hydrogen-bond acceptors (Lipinski definition) is 1. The molecule has 1 radical (unpaired) electrons. The number of fused-ring (bicyclic) bond motifs is 1. The molecule has 2 rings (SSSR count). The Balaban J connectivity index is 2.69. The van der Waals surface area contributed by atoms with Gasteiger partial charge in [-0.05, 0) is 29.0 Å². The van der Waals surface area contributed by atoms with E-state index in [0.29, 0.717) is 5.56 Å². The molecule has 0 atom stereocenters. The van der Waals surface area contributed by atoms with Crippen LogP contribution in [0.15, 0.2) is 36.4 Å². The lowest BCUT2D eigenvalue weighted by molar-refractivity contribution is 0.1000. The Bertz CT molecular complexity index is 462. The summed E-state index contributed by atoms with van der Waals surface area (Å²) in [7, 11) is 0. The average Bonchev–Trinajstić information content (AvgIpc) is 2.17. The zero-order valence-electron chi connectivity index (χ0n) is 6.95. The SMILES string of the molecule is NC(=O)c1[c]cc2ccccc2c1. The van der Waals surface area contributed by atoms with Crippen molar-refractivity contribution in [2.75, 3.05) is 0 Å². The maximum absolute atomic E-state index is 10.8. The van der Waals surface area contributed by atoms with Gasteiger partial charge in [0, 0.05) is 5.56 Å². The van der Waals surface area contributed by atoms with Crippen LogP contribution < -0.4 is 5.73 Å². The number of nitrogens with two attached hydrogens (primary N) is 1. The number of primary amides is 1. The fourth-order valence-corrected chi connectivity index (χ4v) is 1.27. The summed E-state index contributed by atoms with van der Waals surface area (Å²) in [5.74, 6) is -0.439. The predicted octanol–water partition coefficient (Wildman–Crippen LogP) is 1.74. The predicted molar refractivity (Wildman–Crippen MR) is 51.3 cm³/mol. The summed E-state index contributed by atoms with van der Waals surface area (Å²) < 4.78 is 0. The third-order valence-electron chi connectivity index (χ3n) is 1.94. The van der Waals surface area contributed by atoms with E-state index in [1.807, 2.05) is 24.3 Å². The summed E-state index contributed by atoms with van der Waals surface area (Å²) in [6, 6.07) is 14.1. The van der Waals surface area contributed by atoms with Gasteiger partial charge in [0.15, 0.2) is 0 Å². The Morgan fingerprint density at radius 1 is 1.23 bits per heavy atom. The van der Waals surface area contributed by atoms with E-state index in [2.05, 4.69) is 6.07 Å². The Morgan fingerprint density at radius 2 is 1.92 bits per heavy atom. The molecular formula is C11H8NO. The second-order valence-corrected chi connectivity index (χ2v) is 2.84.